The molecule has 1 heterocycles. The highest BCUT2D eigenvalue weighted by atomic mass is 35.5. The van der Waals surface area contributed by atoms with Crippen LogP contribution in [-0.2, 0) is 6.54 Å². The largest absolute Gasteiger partial charge is 0.467 e. The summed E-state index contributed by atoms with van der Waals surface area (Å²) in [5.41, 5.74) is 0.914. The molecular weight excluding hydrogens is 304 g/mol. The Bertz CT molecular complexity index is 683. The van der Waals surface area contributed by atoms with E-state index < -0.39 is 0 Å². The minimum atomic E-state index is 0.157. The molecule has 0 N–H and O–H groups in total. The molecule has 7 nitrogen and oxygen atoms in total. The van der Waals surface area contributed by atoms with E-state index in [1.54, 1.807) is 31.1 Å². The second-order valence-electron chi connectivity index (χ2n) is 4.63. The summed E-state index contributed by atoms with van der Waals surface area (Å²) in [6.45, 7) is 0.327. The summed E-state index contributed by atoms with van der Waals surface area (Å²) in [7, 11) is 5.07. The van der Waals surface area contributed by atoms with Crippen LogP contribution in [0, 0.1) is 11.5 Å². The molecule has 1 aromatic heterocycles. The summed E-state index contributed by atoms with van der Waals surface area (Å²) in [5.74, 6) is 0.645. The first-order chi connectivity index (χ1) is 10.5. The van der Waals surface area contributed by atoms with E-state index in [1.807, 2.05) is 12.1 Å². The van der Waals surface area contributed by atoms with Gasteiger partial charge in [0.2, 0.25) is 11.9 Å². The molecule has 1 aromatic carbocycles. The van der Waals surface area contributed by atoms with Gasteiger partial charge in [0.15, 0.2) is 6.19 Å². The van der Waals surface area contributed by atoms with E-state index in [4.69, 9.17) is 16.3 Å². The molecule has 0 saturated heterocycles. The Kier molecular flexibility index (Phi) is 4.96. The molecule has 114 valence electrons. The number of hydrogen-bond acceptors (Lipinski definition) is 7. The molecule has 0 radical (unpaired) electrons. The molecule has 0 aliphatic heterocycles. The van der Waals surface area contributed by atoms with Gasteiger partial charge < -0.3 is 9.64 Å². The van der Waals surface area contributed by atoms with Crippen LogP contribution in [0.5, 0.6) is 6.01 Å². The van der Waals surface area contributed by atoms with Crippen LogP contribution in [0.1, 0.15) is 5.56 Å². The SMILES string of the molecule is COc1nc(N(C)C)nc(N(C#N)Cc2ccc(Cl)cc2)n1. The molecule has 0 bridgehead atoms. The highest BCUT2D eigenvalue weighted by Crippen LogP contribution is 2.18. The van der Waals surface area contributed by atoms with Gasteiger partial charge >= 0.3 is 6.01 Å². The molecule has 0 fully saturated rings. The van der Waals surface area contributed by atoms with Crippen molar-refractivity contribution in [3.8, 4) is 12.2 Å². The number of ether oxygens (including phenoxy) is 1. The topological polar surface area (TPSA) is 78.2 Å². The quantitative estimate of drug-likeness (QED) is 0.617. The Morgan fingerprint density at radius 1 is 1.14 bits per heavy atom. The molecule has 0 aliphatic rings. The molecule has 0 saturated carbocycles. The molecular formula is C14H15ClN6O. The number of benzene rings is 1. The normalized spacial score (nSPS) is 9.95. The molecule has 0 amide bonds. The molecule has 2 aromatic rings. The molecule has 0 aliphatic carbocycles. The Labute approximate surface area is 133 Å². The van der Waals surface area contributed by atoms with Crippen LogP contribution in [0.15, 0.2) is 24.3 Å². The maximum atomic E-state index is 9.38. The van der Waals surface area contributed by atoms with E-state index in [1.165, 1.54) is 12.0 Å². The fourth-order valence-electron chi connectivity index (χ4n) is 1.67. The van der Waals surface area contributed by atoms with Crippen molar-refractivity contribution in [2.24, 2.45) is 0 Å². The zero-order valence-electron chi connectivity index (χ0n) is 12.5. The monoisotopic (exact) mass is 318 g/mol. The molecule has 2 rings (SSSR count). The van der Waals surface area contributed by atoms with Crippen molar-refractivity contribution in [2.45, 2.75) is 6.54 Å². The van der Waals surface area contributed by atoms with Crippen molar-refractivity contribution in [1.82, 2.24) is 15.0 Å². The van der Waals surface area contributed by atoms with E-state index in [9.17, 15) is 5.26 Å². The average molecular weight is 319 g/mol. The van der Waals surface area contributed by atoms with Crippen molar-refractivity contribution in [3.63, 3.8) is 0 Å². The lowest BCUT2D eigenvalue weighted by Crippen LogP contribution is -2.22. The first-order valence-electron chi connectivity index (χ1n) is 6.42. The lowest BCUT2D eigenvalue weighted by molar-refractivity contribution is 0.378. The highest BCUT2D eigenvalue weighted by Gasteiger charge is 2.15. The lowest BCUT2D eigenvalue weighted by Gasteiger charge is -2.17. The third-order valence-electron chi connectivity index (χ3n) is 2.79. The van der Waals surface area contributed by atoms with Gasteiger partial charge in [-0.15, -0.1) is 0 Å². The van der Waals surface area contributed by atoms with Crippen LogP contribution >= 0.6 is 11.6 Å². The van der Waals surface area contributed by atoms with Crippen molar-refractivity contribution in [3.05, 3.63) is 34.9 Å². The van der Waals surface area contributed by atoms with E-state index >= 15 is 0 Å². The Balaban J connectivity index is 2.32. The number of hydrogen-bond donors (Lipinski definition) is 0. The molecule has 0 atom stereocenters. The first kappa shape index (κ1) is 15.8. The van der Waals surface area contributed by atoms with Gasteiger partial charge in [0.25, 0.3) is 0 Å². The smallest absolute Gasteiger partial charge is 0.322 e. The van der Waals surface area contributed by atoms with Gasteiger partial charge in [-0.1, -0.05) is 23.7 Å². The number of nitrogens with zero attached hydrogens (tertiary/aromatic N) is 6. The maximum Gasteiger partial charge on any atom is 0.322 e. The lowest BCUT2D eigenvalue weighted by atomic mass is 10.2. The highest BCUT2D eigenvalue weighted by molar-refractivity contribution is 6.30. The number of aromatic nitrogens is 3. The third-order valence-corrected chi connectivity index (χ3v) is 3.04. The number of methoxy groups -OCH3 is 1. The Morgan fingerprint density at radius 3 is 2.32 bits per heavy atom. The van der Waals surface area contributed by atoms with Crippen LogP contribution in [0.4, 0.5) is 11.9 Å². The minimum absolute atomic E-state index is 0.157. The number of anilines is 2. The van der Waals surface area contributed by atoms with Crippen molar-refractivity contribution in [1.29, 1.82) is 5.26 Å². The van der Waals surface area contributed by atoms with E-state index in [0.717, 1.165) is 5.56 Å². The number of rotatable bonds is 5. The summed E-state index contributed by atoms with van der Waals surface area (Å²) in [5, 5.41) is 10.0. The van der Waals surface area contributed by atoms with Crippen LogP contribution < -0.4 is 14.5 Å². The van der Waals surface area contributed by atoms with Gasteiger partial charge in [-0.25, -0.2) is 4.90 Å². The summed E-state index contributed by atoms with van der Waals surface area (Å²) >= 11 is 5.86. The van der Waals surface area contributed by atoms with Crippen LogP contribution in [-0.4, -0.2) is 36.2 Å². The Hall–Kier alpha value is -2.59. The number of nitriles is 1. The third kappa shape index (κ3) is 3.74. The van der Waals surface area contributed by atoms with E-state index in [-0.39, 0.29) is 12.0 Å². The predicted octanol–water partition coefficient (Wildman–Crippen LogP) is 2.09. The van der Waals surface area contributed by atoms with Gasteiger partial charge in [0.05, 0.1) is 13.7 Å². The molecule has 22 heavy (non-hydrogen) atoms. The van der Waals surface area contributed by atoms with Crippen molar-refractivity contribution in [2.75, 3.05) is 31.0 Å². The van der Waals surface area contributed by atoms with Gasteiger partial charge in [-0.2, -0.15) is 20.2 Å². The van der Waals surface area contributed by atoms with Gasteiger partial charge in [0, 0.05) is 19.1 Å². The second kappa shape index (κ2) is 6.91. The minimum Gasteiger partial charge on any atom is -0.467 e. The molecule has 0 spiro atoms. The fraction of sp³-hybridized carbons (Fsp3) is 0.286. The summed E-state index contributed by atoms with van der Waals surface area (Å²) in [4.78, 5) is 15.6. The van der Waals surface area contributed by atoms with E-state index in [2.05, 4.69) is 21.1 Å². The first-order valence-corrected chi connectivity index (χ1v) is 6.80. The molecule has 0 unspecified atom stereocenters. The van der Waals surface area contributed by atoms with Crippen molar-refractivity contribution >= 4 is 23.5 Å². The van der Waals surface area contributed by atoms with Crippen LogP contribution in [0.2, 0.25) is 5.02 Å². The maximum absolute atomic E-state index is 9.38. The van der Waals surface area contributed by atoms with Crippen LogP contribution in [0.25, 0.3) is 0 Å². The number of halogens is 1. The summed E-state index contributed by atoms with van der Waals surface area (Å²) in [6.07, 6.45) is 2.07. The van der Waals surface area contributed by atoms with Gasteiger partial charge in [0.1, 0.15) is 0 Å². The molecule has 8 heteroatoms. The predicted molar refractivity (Wildman–Crippen MR) is 84.0 cm³/mol. The van der Waals surface area contributed by atoms with E-state index in [0.29, 0.717) is 17.5 Å². The summed E-state index contributed by atoms with van der Waals surface area (Å²) in [6, 6.07) is 7.39. The average Bonchev–Trinajstić information content (AvgIpc) is 2.53. The van der Waals surface area contributed by atoms with Gasteiger partial charge in [-0.05, 0) is 17.7 Å². The van der Waals surface area contributed by atoms with Gasteiger partial charge in [-0.3, -0.25) is 0 Å². The fourth-order valence-corrected chi connectivity index (χ4v) is 1.80. The van der Waals surface area contributed by atoms with Crippen molar-refractivity contribution < 1.29 is 4.74 Å². The summed E-state index contributed by atoms with van der Waals surface area (Å²) < 4.78 is 5.06. The second-order valence-corrected chi connectivity index (χ2v) is 5.07. The van der Waals surface area contributed by atoms with Crippen LogP contribution in [0.3, 0.4) is 0 Å². The standard InChI is InChI=1S/C14H15ClN6O/c1-20(2)12-17-13(19-14(18-12)22-3)21(9-16)8-10-4-6-11(15)7-5-10/h4-7H,8H2,1-3H3. The zero-order chi connectivity index (χ0) is 16.1. The zero-order valence-corrected chi connectivity index (χ0v) is 13.2. The Morgan fingerprint density at radius 2 is 1.77 bits per heavy atom.